The molecule has 0 saturated heterocycles. The molecule has 1 aliphatic rings. The molecule has 2 atom stereocenters. The smallest absolute Gasteiger partial charge is 0.226 e. The maximum atomic E-state index is 12.5. The Kier molecular flexibility index (Phi) is 7.28. The van der Waals surface area contributed by atoms with E-state index in [2.05, 4.69) is 0 Å². The van der Waals surface area contributed by atoms with Crippen molar-refractivity contribution in [2.75, 3.05) is 13.6 Å². The molecule has 0 aliphatic heterocycles. The van der Waals surface area contributed by atoms with Crippen LogP contribution in [0.15, 0.2) is 18.2 Å². The van der Waals surface area contributed by atoms with Crippen LogP contribution >= 0.6 is 35.6 Å². The standard InChI is InChI=1S/C15H20Cl2N2O.ClH/c1-19(9-10-5-6-13(16)14(17)7-10)15(20)12-4-2-3-11(12)8-18;/h5-7,11-12H,2-4,8-9,18H2,1H3;1H/t11-,12-;/m1./s1. The summed E-state index contributed by atoms with van der Waals surface area (Å²) in [5.41, 5.74) is 6.73. The van der Waals surface area contributed by atoms with Crippen molar-refractivity contribution < 1.29 is 4.79 Å². The lowest BCUT2D eigenvalue weighted by Crippen LogP contribution is -2.36. The van der Waals surface area contributed by atoms with E-state index in [0.717, 1.165) is 24.8 Å². The molecule has 1 amide bonds. The molecule has 0 spiro atoms. The Morgan fingerprint density at radius 3 is 2.67 bits per heavy atom. The minimum absolute atomic E-state index is 0. The van der Waals surface area contributed by atoms with Crippen molar-refractivity contribution in [3.8, 4) is 0 Å². The highest BCUT2D eigenvalue weighted by Gasteiger charge is 2.33. The number of hydrogen-bond acceptors (Lipinski definition) is 2. The van der Waals surface area contributed by atoms with Gasteiger partial charge >= 0.3 is 0 Å². The second-order valence-corrected chi connectivity index (χ2v) is 6.29. The fourth-order valence-corrected chi connectivity index (χ4v) is 3.24. The molecule has 0 heterocycles. The zero-order valence-electron chi connectivity index (χ0n) is 12.0. The number of benzene rings is 1. The molecule has 0 aromatic heterocycles. The van der Waals surface area contributed by atoms with Crippen LogP contribution in [-0.4, -0.2) is 24.4 Å². The van der Waals surface area contributed by atoms with Gasteiger partial charge in [-0.15, -0.1) is 12.4 Å². The van der Waals surface area contributed by atoms with E-state index in [4.69, 9.17) is 28.9 Å². The summed E-state index contributed by atoms with van der Waals surface area (Å²) < 4.78 is 0. The number of carbonyl (C=O) groups is 1. The molecule has 1 aliphatic carbocycles. The molecular weight excluding hydrogens is 331 g/mol. The van der Waals surface area contributed by atoms with Gasteiger partial charge in [0, 0.05) is 19.5 Å². The van der Waals surface area contributed by atoms with Crippen molar-refractivity contribution >= 4 is 41.5 Å². The van der Waals surface area contributed by atoms with Crippen LogP contribution in [0.5, 0.6) is 0 Å². The SMILES string of the molecule is CN(Cc1ccc(Cl)c(Cl)c1)C(=O)[C@@H]1CCC[C@@H]1CN.Cl. The van der Waals surface area contributed by atoms with Crippen LogP contribution in [0, 0.1) is 11.8 Å². The lowest BCUT2D eigenvalue weighted by Gasteiger charge is -2.24. The Morgan fingerprint density at radius 1 is 1.33 bits per heavy atom. The van der Waals surface area contributed by atoms with Crippen molar-refractivity contribution in [2.24, 2.45) is 17.6 Å². The summed E-state index contributed by atoms with van der Waals surface area (Å²) in [4.78, 5) is 14.2. The number of carbonyl (C=O) groups excluding carboxylic acids is 1. The third-order valence-corrected chi connectivity index (χ3v) is 4.80. The van der Waals surface area contributed by atoms with Crippen LogP contribution in [0.1, 0.15) is 24.8 Å². The summed E-state index contributed by atoms with van der Waals surface area (Å²) in [5, 5.41) is 1.05. The normalized spacial score (nSPS) is 21.0. The van der Waals surface area contributed by atoms with Crippen molar-refractivity contribution in [2.45, 2.75) is 25.8 Å². The van der Waals surface area contributed by atoms with Gasteiger partial charge < -0.3 is 10.6 Å². The number of rotatable bonds is 4. The van der Waals surface area contributed by atoms with Crippen LogP contribution in [0.25, 0.3) is 0 Å². The van der Waals surface area contributed by atoms with Crippen LogP contribution in [0.2, 0.25) is 10.0 Å². The van der Waals surface area contributed by atoms with Gasteiger partial charge in [0.2, 0.25) is 5.91 Å². The van der Waals surface area contributed by atoms with Crippen molar-refractivity contribution in [3.05, 3.63) is 33.8 Å². The molecule has 1 fully saturated rings. The zero-order chi connectivity index (χ0) is 14.7. The van der Waals surface area contributed by atoms with Gasteiger partial charge in [-0.2, -0.15) is 0 Å². The second kappa shape index (κ2) is 8.23. The van der Waals surface area contributed by atoms with Gasteiger partial charge in [-0.05, 0) is 43.0 Å². The zero-order valence-corrected chi connectivity index (χ0v) is 14.3. The van der Waals surface area contributed by atoms with E-state index in [9.17, 15) is 4.79 Å². The molecule has 0 unspecified atom stereocenters. The maximum Gasteiger partial charge on any atom is 0.226 e. The third-order valence-electron chi connectivity index (χ3n) is 4.06. The van der Waals surface area contributed by atoms with Crippen molar-refractivity contribution in [3.63, 3.8) is 0 Å². The van der Waals surface area contributed by atoms with E-state index in [1.807, 2.05) is 19.2 Å². The number of amides is 1. The molecule has 1 aromatic rings. The van der Waals surface area contributed by atoms with E-state index < -0.39 is 0 Å². The van der Waals surface area contributed by atoms with Gasteiger partial charge in [-0.1, -0.05) is 35.7 Å². The van der Waals surface area contributed by atoms with E-state index in [1.165, 1.54) is 0 Å². The summed E-state index contributed by atoms with van der Waals surface area (Å²) in [6.45, 7) is 1.14. The van der Waals surface area contributed by atoms with Crippen LogP contribution in [0.4, 0.5) is 0 Å². The lowest BCUT2D eigenvalue weighted by atomic mass is 9.95. The molecule has 2 rings (SSSR count). The highest BCUT2D eigenvalue weighted by atomic mass is 35.5. The van der Waals surface area contributed by atoms with E-state index in [1.54, 1.807) is 11.0 Å². The van der Waals surface area contributed by atoms with E-state index in [0.29, 0.717) is 29.1 Å². The minimum Gasteiger partial charge on any atom is -0.341 e. The first kappa shape index (κ1) is 18.6. The van der Waals surface area contributed by atoms with Crippen LogP contribution in [-0.2, 0) is 11.3 Å². The molecule has 6 heteroatoms. The van der Waals surface area contributed by atoms with Gasteiger partial charge in [0.1, 0.15) is 0 Å². The molecule has 21 heavy (non-hydrogen) atoms. The first-order valence-electron chi connectivity index (χ1n) is 6.92. The molecule has 0 bridgehead atoms. The Morgan fingerprint density at radius 2 is 2.05 bits per heavy atom. The van der Waals surface area contributed by atoms with Gasteiger partial charge in [0.05, 0.1) is 10.0 Å². The fourth-order valence-electron chi connectivity index (χ4n) is 2.92. The van der Waals surface area contributed by atoms with E-state index >= 15 is 0 Å². The Labute approximate surface area is 142 Å². The molecule has 118 valence electrons. The molecule has 2 N–H and O–H groups in total. The average Bonchev–Trinajstić information content (AvgIpc) is 2.90. The Bertz CT molecular complexity index is 496. The highest BCUT2D eigenvalue weighted by Crippen LogP contribution is 2.32. The second-order valence-electron chi connectivity index (χ2n) is 5.48. The Balaban J connectivity index is 0.00000220. The fraction of sp³-hybridized carbons (Fsp3) is 0.533. The summed E-state index contributed by atoms with van der Waals surface area (Å²) in [6.07, 6.45) is 3.11. The van der Waals surface area contributed by atoms with Crippen molar-refractivity contribution in [1.29, 1.82) is 0 Å². The minimum atomic E-state index is 0. The maximum absolute atomic E-state index is 12.5. The van der Waals surface area contributed by atoms with E-state index in [-0.39, 0.29) is 24.2 Å². The third kappa shape index (κ3) is 4.49. The lowest BCUT2D eigenvalue weighted by molar-refractivity contribution is -0.135. The molecule has 0 radical (unpaired) electrons. The number of nitrogens with zero attached hydrogens (tertiary/aromatic N) is 1. The topological polar surface area (TPSA) is 46.3 Å². The predicted molar refractivity (Wildman–Crippen MR) is 90.1 cm³/mol. The van der Waals surface area contributed by atoms with Crippen molar-refractivity contribution in [1.82, 2.24) is 4.90 Å². The summed E-state index contributed by atoms with van der Waals surface area (Å²) in [5.74, 6) is 0.593. The largest absolute Gasteiger partial charge is 0.341 e. The first-order chi connectivity index (χ1) is 9.52. The van der Waals surface area contributed by atoms with Crippen LogP contribution < -0.4 is 5.73 Å². The quantitative estimate of drug-likeness (QED) is 0.898. The Hall–Kier alpha value is -0.480. The number of halogens is 3. The molecule has 3 nitrogen and oxygen atoms in total. The molecular formula is C15H21Cl3N2O. The monoisotopic (exact) mass is 350 g/mol. The predicted octanol–water partition coefficient (Wildman–Crippen LogP) is 3.75. The van der Waals surface area contributed by atoms with Crippen LogP contribution in [0.3, 0.4) is 0 Å². The number of nitrogens with two attached hydrogens (primary N) is 1. The summed E-state index contributed by atoms with van der Waals surface area (Å²) >= 11 is 11.9. The summed E-state index contributed by atoms with van der Waals surface area (Å²) in [6, 6.07) is 5.46. The molecule has 1 aromatic carbocycles. The average molecular weight is 352 g/mol. The molecule has 1 saturated carbocycles. The highest BCUT2D eigenvalue weighted by molar-refractivity contribution is 6.42. The first-order valence-corrected chi connectivity index (χ1v) is 7.67. The van der Waals surface area contributed by atoms with Gasteiger partial charge in [-0.3, -0.25) is 4.79 Å². The number of hydrogen-bond donors (Lipinski definition) is 1. The van der Waals surface area contributed by atoms with Gasteiger partial charge in [0.25, 0.3) is 0 Å². The van der Waals surface area contributed by atoms with Gasteiger partial charge in [-0.25, -0.2) is 0 Å². The summed E-state index contributed by atoms with van der Waals surface area (Å²) in [7, 11) is 1.83. The van der Waals surface area contributed by atoms with Gasteiger partial charge in [0.15, 0.2) is 0 Å².